The van der Waals surface area contributed by atoms with Gasteiger partial charge in [-0.05, 0) is 47.0 Å². The summed E-state index contributed by atoms with van der Waals surface area (Å²) >= 11 is 6.78. The first kappa shape index (κ1) is 14.7. The molecule has 1 aromatic rings. The van der Waals surface area contributed by atoms with Crippen molar-refractivity contribution in [2.75, 3.05) is 0 Å². The first-order valence-electron chi connectivity index (χ1n) is 5.84. The van der Waals surface area contributed by atoms with E-state index < -0.39 is 0 Å². The van der Waals surface area contributed by atoms with E-state index in [0.29, 0.717) is 5.56 Å². The molecular formula is C13H17Br2NO. The summed E-state index contributed by atoms with van der Waals surface area (Å²) in [6.45, 7) is 4.22. The average molecular weight is 363 g/mol. The highest BCUT2D eigenvalue weighted by Crippen LogP contribution is 2.22. The SMILES string of the molecule is CCCC(CC)NC(=O)c1ccc(Br)cc1Br. The van der Waals surface area contributed by atoms with Gasteiger partial charge in [0, 0.05) is 15.0 Å². The Bertz CT molecular complexity index is 393. The maximum atomic E-state index is 12.1. The van der Waals surface area contributed by atoms with Gasteiger partial charge in [0.05, 0.1) is 5.56 Å². The smallest absolute Gasteiger partial charge is 0.252 e. The molecule has 0 aliphatic rings. The van der Waals surface area contributed by atoms with E-state index in [2.05, 4.69) is 51.0 Å². The van der Waals surface area contributed by atoms with E-state index in [-0.39, 0.29) is 11.9 Å². The van der Waals surface area contributed by atoms with Gasteiger partial charge in [-0.1, -0.05) is 36.2 Å². The third-order valence-electron chi connectivity index (χ3n) is 2.64. The van der Waals surface area contributed by atoms with E-state index in [1.165, 1.54) is 0 Å². The van der Waals surface area contributed by atoms with E-state index in [1.54, 1.807) is 0 Å². The van der Waals surface area contributed by atoms with Crippen molar-refractivity contribution < 1.29 is 4.79 Å². The van der Waals surface area contributed by atoms with E-state index in [0.717, 1.165) is 28.2 Å². The standard InChI is InChI=1S/C13H17Br2NO/c1-3-5-10(4-2)16-13(17)11-7-6-9(14)8-12(11)15/h6-8,10H,3-5H2,1-2H3,(H,16,17). The molecule has 17 heavy (non-hydrogen) atoms. The van der Waals surface area contributed by atoms with Crippen LogP contribution < -0.4 is 5.32 Å². The summed E-state index contributed by atoms with van der Waals surface area (Å²) < 4.78 is 1.78. The summed E-state index contributed by atoms with van der Waals surface area (Å²) in [6, 6.07) is 5.85. The molecule has 0 radical (unpaired) electrons. The number of carbonyl (C=O) groups is 1. The van der Waals surface area contributed by atoms with Crippen LogP contribution in [0, 0.1) is 0 Å². The highest BCUT2D eigenvalue weighted by atomic mass is 79.9. The van der Waals surface area contributed by atoms with Crippen molar-refractivity contribution in [1.82, 2.24) is 5.32 Å². The third-order valence-corrected chi connectivity index (χ3v) is 3.79. The van der Waals surface area contributed by atoms with E-state index in [9.17, 15) is 4.79 Å². The lowest BCUT2D eigenvalue weighted by Crippen LogP contribution is -2.34. The number of nitrogens with one attached hydrogen (secondary N) is 1. The van der Waals surface area contributed by atoms with Gasteiger partial charge in [-0.25, -0.2) is 0 Å². The van der Waals surface area contributed by atoms with Gasteiger partial charge in [0.25, 0.3) is 5.91 Å². The van der Waals surface area contributed by atoms with Crippen LogP contribution in [0.4, 0.5) is 0 Å². The topological polar surface area (TPSA) is 29.1 Å². The third kappa shape index (κ3) is 4.43. The lowest BCUT2D eigenvalue weighted by atomic mass is 10.1. The Morgan fingerprint density at radius 1 is 1.35 bits per heavy atom. The highest BCUT2D eigenvalue weighted by molar-refractivity contribution is 9.11. The minimum Gasteiger partial charge on any atom is -0.349 e. The fraction of sp³-hybridized carbons (Fsp3) is 0.462. The van der Waals surface area contributed by atoms with Crippen molar-refractivity contribution in [3.05, 3.63) is 32.7 Å². The maximum Gasteiger partial charge on any atom is 0.252 e. The second-order valence-electron chi connectivity index (χ2n) is 3.99. The van der Waals surface area contributed by atoms with Gasteiger partial charge in [-0.3, -0.25) is 4.79 Å². The number of amides is 1. The van der Waals surface area contributed by atoms with Crippen molar-refractivity contribution in [3.8, 4) is 0 Å². The summed E-state index contributed by atoms with van der Waals surface area (Å²) in [5.41, 5.74) is 0.683. The molecule has 0 saturated heterocycles. The quantitative estimate of drug-likeness (QED) is 0.819. The predicted molar refractivity (Wildman–Crippen MR) is 78.3 cm³/mol. The number of hydrogen-bond acceptors (Lipinski definition) is 1. The number of rotatable bonds is 5. The first-order valence-corrected chi connectivity index (χ1v) is 7.43. The second kappa shape index (κ2) is 7.17. The van der Waals surface area contributed by atoms with Crippen LogP contribution in [0.1, 0.15) is 43.5 Å². The van der Waals surface area contributed by atoms with Gasteiger partial charge >= 0.3 is 0 Å². The lowest BCUT2D eigenvalue weighted by molar-refractivity contribution is 0.0933. The number of carbonyl (C=O) groups excluding carboxylic acids is 1. The average Bonchev–Trinajstić information content (AvgIpc) is 2.28. The molecule has 4 heteroatoms. The van der Waals surface area contributed by atoms with Crippen LogP contribution in [-0.2, 0) is 0 Å². The van der Waals surface area contributed by atoms with Crippen LogP contribution in [0.5, 0.6) is 0 Å². The van der Waals surface area contributed by atoms with Crippen molar-refractivity contribution in [3.63, 3.8) is 0 Å². The predicted octanol–water partition coefficient (Wildman–Crippen LogP) is 4.52. The van der Waals surface area contributed by atoms with E-state index in [1.807, 2.05) is 18.2 Å². The Kier molecular flexibility index (Phi) is 6.20. The molecule has 0 fully saturated rings. The molecule has 1 N–H and O–H groups in total. The van der Waals surface area contributed by atoms with Gasteiger partial charge < -0.3 is 5.32 Å². The Hall–Kier alpha value is -0.350. The number of benzene rings is 1. The molecule has 1 unspecified atom stereocenters. The monoisotopic (exact) mass is 361 g/mol. The molecule has 1 amide bonds. The van der Waals surface area contributed by atoms with Crippen molar-refractivity contribution in [2.24, 2.45) is 0 Å². The fourth-order valence-electron chi connectivity index (χ4n) is 1.66. The number of halogens is 2. The summed E-state index contributed by atoms with van der Waals surface area (Å²) in [5.74, 6) is -0.00956. The molecule has 2 nitrogen and oxygen atoms in total. The van der Waals surface area contributed by atoms with Gasteiger partial charge in [0.1, 0.15) is 0 Å². The van der Waals surface area contributed by atoms with Crippen LogP contribution in [0.15, 0.2) is 27.1 Å². The van der Waals surface area contributed by atoms with Crippen LogP contribution in [0.2, 0.25) is 0 Å². The number of hydrogen-bond donors (Lipinski definition) is 1. The normalized spacial score (nSPS) is 12.2. The molecular weight excluding hydrogens is 346 g/mol. The van der Waals surface area contributed by atoms with Crippen LogP contribution in [0.3, 0.4) is 0 Å². The minimum atomic E-state index is -0.00956. The zero-order valence-electron chi connectivity index (χ0n) is 10.1. The van der Waals surface area contributed by atoms with Crippen molar-refractivity contribution in [1.29, 1.82) is 0 Å². The maximum absolute atomic E-state index is 12.1. The van der Waals surface area contributed by atoms with E-state index in [4.69, 9.17) is 0 Å². The molecule has 0 heterocycles. The lowest BCUT2D eigenvalue weighted by Gasteiger charge is -2.16. The molecule has 0 bridgehead atoms. The van der Waals surface area contributed by atoms with Gasteiger partial charge in [-0.15, -0.1) is 0 Å². The molecule has 1 aromatic carbocycles. The van der Waals surface area contributed by atoms with Crippen molar-refractivity contribution in [2.45, 2.75) is 39.2 Å². The summed E-state index contributed by atoms with van der Waals surface area (Å²) in [6.07, 6.45) is 3.07. The fourth-order valence-corrected chi connectivity index (χ4v) is 2.89. The van der Waals surface area contributed by atoms with Gasteiger partial charge in [0.2, 0.25) is 0 Å². The summed E-state index contributed by atoms with van der Waals surface area (Å²) in [5, 5.41) is 3.06. The Labute approximate surface area is 119 Å². The van der Waals surface area contributed by atoms with Gasteiger partial charge in [0.15, 0.2) is 0 Å². The Morgan fingerprint density at radius 3 is 2.59 bits per heavy atom. The summed E-state index contributed by atoms with van der Waals surface area (Å²) in [4.78, 5) is 12.1. The van der Waals surface area contributed by atoms with Gasteiger partial charge in [-0.2, -0.15) is 0 Å². The minimum absolute atomic E-state index is 0.00956. The Balaban J connectivity index is 2.75. The molecule has 1 rings (SSSR count). The first-order chi connectivity index (χ1) is 8.08. The van der Waals surface area contributed by atoms with Crippen LogP contribution in [0.25, 0.3) is 0 Å². The van der Waals surface area contributed by atoms with Crippen LogP contribution in [-0.4, -0.2) is 11.9 Å². The highest BCUT2D eigenvalue weighted by Gasteiger charge is 2.13. The summed E-state index contributed by atoms with van der Waals surface area (Å²) in [7, 11) is 0. The zero-order valence-corrected chi connectivity index (χ0v) is 13.3. The second-order valence-corrected chi connectivity index (χ2v) is 5.76. The van der Waals surface area contributed by atoms with E-state index >= 15 is 0 Å². The molecule has 0 saturated carbocycles. The largest absolute Gasteiger partial charge is 0.349 e. The molecule has 1 atom stereocenters. The molecule has 94 valence electrons. The zero-order chi connectivity index (χ0) is 12.8. The molecule has 0 aliphatic carbocycles. The molecule has 0 aliphatic heterocycles. The van der Waals surface area contributed by atoms with Crippen molar-refractivity contribution >= 4 is 37.8 Å². The van der Waals surface area contributed by atoms with Crippen LogP contribution >= 0.6 is 31.9 Å². The molecule has 0 aromatic heterocycles. The Morgan fingerprint density at radius 2 is 2.06 bits per heavy atom. The molecule has 0 spiro atoms.